The molecule has 1 fully saturated rings. The lowest BCUT2D eigenvalue weighted by Gasteiger charge is -2.17. The molecule has 0 aliphatic carbocycles. The van der Waals surface area contributed by atoms with Crippen LogP contribution >= 0.6 is 11.3 Å². The SMILES string of the molecule is COc1ccc(S(=O)(=O)N2CCCC2)cc1NS(=O)(=O)c1nnc(NC(=O)C(C)C)s1. The third-order valence-electron chi connectivity index (χ3n) is 4.51. The van der Waals surface area contributed by atoms with Gasteiger partial charge in [-0.3, -0.25) is 9.52 Å². The largest absolute Gasteiger partial charge is 0.495 e. The van der Waals surface area contributed by atoms with E-state index in [0.717, 1.165) is 12.8 Å². The van der Waals surface area contributed by atoms with Crippen LogP contribution in [0.3, 0.4) is 0 Å². The Kier molecular flexibility index (Phi) is 6.83. The minimum atomic E-state index is -4.21. The van der Waals surface area contributed by atoms with Gasteiger partial charge in [0, 0.05) is 19.0 Å². The molecular weight excluding hydrogens is 466 g/mol. The van der Waals surface area contributed by atoms with E-state index in [2.05, 4.69) is 20.2 Å². The number of amides is 1. The van der Waals surface area contributed by atoms with E-state index in [4.69, 9.17) is 4.74 Å². The van der Waals surface area contributed by atoms with Crippen LogP contribution in [0.4, 0.5) is 10.8 Å². The second kappa shape index (κ2) is 9.06. The predicted octanol–water partition coefficient (Wildman–Crippen LogP) is 1.73. The van der Waals surface area contributed by atoms with Crippen molar-refractivity contribution in [2.75, 3.05) is 30.2 Å². The molecule has 1 aromatic carbocycles. The molecule has 1 aromatic heterocycles. The second-order valence-corrected chi connectivity index (χ2v) is 11.9. The van der Waals surface area contributed by atoms with Crippen LogP contribution in [0.15, 0.2) is 27.4 Å². The summed E-state index contributed by atoms with van der Waals surface area (Å²) in [5, 5.41) is 9.83. The van der Waals surface area contributed by atoms with Gasteiger partial charge in [0.05, 0.1) is 17.7 Å². The number of anilines is 2. The maximum atomic E-state index is 12.8. The Balaban J connectivity index is 1.88. The van der Waals surface area contributed by atoms with Crippen LogP contribution in [0.5, 0.6) is 5.75 Å². The Morgan fingerprint density at radius 3 is 2.45 bits per heavy atom. The summed E-state index contributed by atoms with van der Waals surface area (Å²) in [6.07, 6.45) is 1.56. The van der Waals surface area contributed by atoms with Crippen molar-refractivity contribution < 1.29 is 26.4 Å². The van der Waals surface area contributed by atoms with Crippen molar-refractivity contribution in [2.45, 2.75) is 35.9 Å². The first-order chi connectivity index (χ1) is 14.5. The first-order valence-electron chi connectivity index (χ1n) is 9.40. The van der Waals surface area contributed by atoms with E-state index >= 15 is 0 Å². The molecule has 14 heteroatoms. The van der Waals surface area contributed by atoms with Gasteiger partial charge >= 0.3 is 0 Å². The van der Waals surface area contributed by atoms with Crippen LogP contribution in [0.2, 0.25) is 0 Å². The number of aromatic nitrogens is 2. The number of carbonyl (C=O) groups excluding carboxylic acids is 1. The van der Waals surface area contributed by atoms with Crippen LogP contribution in [-0.4, -0.2) is 57.4 Å². The molecular formula is C17H23N5O6S3. The molecule has 0 bridgehead atoms. The fourth-order valence-electron chi connectivity index (χ4n) is 2.81. The molecule has 0 unspecified atom stereocenters. The topological polar surface area (TPSA) is 148 Å². The standard InChI is InChI=1S/C17H23N5O6S3/c1-11(2)15(23)18-16-19-20-17(29-16)30(24,25)21-13-10-12(6-7-14(13)28-3)31(26,27)22-8-4-5-9-22/h6-7,10-11,21H,4-5,8-9H2,1-3H3,(H,18,19,23). The zero-order valence-corrected chi connectivity index (χ0v) is 19.6. The highest BCUT2D eigenvalue weighted by atomic mass is 32.2. The highest BCUT2D eigenvalue weighted by Gasteiger charge is 2.29. The molecule has 0 atom stereocenters. The third kappa shape index (κ3) is 5.14. The van der Waals surface area contributed by atoms with Gasteiger partial charge < -0.3 is 10.1 Å². The van der Waals surface area contributed by atoms with Crippen molar-refractivity contribution in [1.29, 1.82) is 0 Å². The van der Waals surface area contributed by atoms with E-state index in [0.29, 0.717) is 24.4 Å². The van der Waals surface area contributed by atoms with Gasteiger partial charge in [-0.2, -0.15) is 12.7 Å². The molecule has 1 aliphatic heterocycles. The Morgan fingerprint density at radius 1 is 1.16 bits per heavy atom. The molecule has 1 aliphatic rings. The zero-order valence-electron chi connectivity index (χ0n) is 17.2. The minimum absolute atomic E-state index is 0.0383. The van der Waals surface area contributed by atoms with Crippen molar-refractivity contribution in [1.82, 2.24) is 14.5 Å². The zero-order chi connectivity index (χ0) is 22.8. The molecule has 170 valence electrons. The smallest absolute Gasteiger partial charge is 0.291 e. The minimum Gasteiger partial charge on any atom is -0.495 e. The van der Waals surface area contributed by atoms with Crippen molar-refractivity contribution in [3.63, 3.8) is 0 Å². The fourth-order valence-corrected chi connectivity index (χ4v) is 6.32. The van der Waals surface area contributed by atoms with Crippen LogP contribution < -0.4 is 14.8 Å². The molecule has 2 aromatic rings. The van der Waals surface area contributed by atoms with Crippen molar-refractivity contribution in [3.05, 3.63) is 18.2 Å². The molecule has 2 heterocycles. The molecule has 1 saturated heterocycles. The highest BCUT2D eigenvalue weighted by molar-refractivity contribution is 7.94. The van der Waals surface area contributed by atoms with Gasteiger partial charge in [-0.05, 0) is 31.0 Å². The first-order valence-corrected chi connectivity index (χ1v) is 13.1. The average molecular weight is 490 g/mol. The lowest BCUT2D eigenvalue weighted by molar-refractivity contribution is -0.118. The Bertz CT molecular complexity index is 1170. The monoisotopic (exact) mass is 489 g/mol. The van der Waals surface area contributed by atoms with Crippen LogP contribution in [-0.2, 0) is 24.8 Å². The number of benzene rings is 1. The van der Waals surface area contributed by atoms with E-state index in [1.54, 1.807) is 13.8 Å². The second-order valence-electron chi connectivity index (χ2n) is 7.10. The Hall–Kier alpha value is -2.29. The van der Waals surface area contributed by atoms with Gasteiger partial charge in [0.1, 0.15) is 5.75 Å². The summed E-state index contributed by atoms with van der Waals surface area (Å²) in [5.41, 5.74) is -0.0502. The van der Waals surface area contributed by atoms with Crippen molar-refractivity contribution in [2.24, 2.45) is 5.92 Å². The summed E-state index contributed by atoms with van der Waals surface area (Å²) in [4.78, 5) is 11.7. The normalized spacial score (nSPS) is 15.2. The number of rotatable bonds is 8. The number of carbonyl (C=O) groups is 1. The highest BCUT2D eigenvalue weighted by Crippen LogP contribution is 2.32. The molecule has 11 nitrogen and oxygen atoms in total. The molecule has 31 heavy (non-hydrogen) atoms. The van der Waals surface area contributed by atoms with Gasteiger partial charge in [-0.25, -0.2) is 8.42 Å². The Morgan fingerprint density at radius 2 is 1.84 bits per heavy atom. The molecule has 3 rings (SSSR count). The van der Waals surface area contributed by atoms with E-state index < -0.39 is 20.0 Å². The molecule has 0 spiro atoms. The number of sulfonamides is 2. The van der Waals surface area contributed by atoms with Crippen molar-refractivity contribution >= 4 is 48.1 Å². The van der Waals surface area contributed by atoms with E-state index in [9.17, 15) is 21.6 Å². The quantitative estimate of drug-likeness (QED) is 0.533. The molecule has 2 N–H and O–H groups in total. The lowest BCUT2D eigenvalue weighted by Crippen LogP contribution is -2.28. The molecule has 0 radical (unpaired) electrons. The lowest BCUT2D eigenvalue weighted by atomic mass is 10.2. The maximum absolute atomic E-state index is 12.8. The number of ether oxygens (including phenoxy) is 1. The third-order valence-corrected chi connectivity index (χ3v) is 8.98. The fraction of sp³-hybridized carbons (Fsp3) is 0.471. The van der Waals surface area contributed by atoms with E-state index in [-0.39, 0.29) is 37.6 Å². The summed E-state index contributed by atoms with van der Waals surface area (Å²) in [6, 6.07) is 3.97. The summed E-state index contributed by atoms with van der Waals surface area (Å²) < 4.78 is 59.7. The number of nitrogens with one attached hydrogen (secondary N) is 2. The van der Waals surface area contributed by atoms with E-state index in [1.165, 1.54) is 29.6 Å². The first kappa shape index (κ1) is 23.4. The number of hydrogen-bond acceptors (Lipinski definition) is 9. The number of hydrogen-bond donors (Lipinski definition) is 2. The van der Waals surface area contributed by atoms with Crippen LogP contribution in [0.25, 0.3) is 0 Å². The summed E-state index contributed by atoms with van der Waals surface area (Å²) in [5.74, 6) is -0.497. The molecule has 1 amide bonds. The summed E-state index contributed by atoms with van der Waals surface area (Å²) >= 11 is 0.676. The average Bonchev–Trinajstić information content (AvgIpc) is 3.40. The van der Waals surface area contributed by atoms with Gasteiger partial charge in [0.25, 0.3) is 14.4 Å². The predicted molar refractivity (Wildman–Crippen MR) is 115 cm³/mol. The van der Waals surface area contributed by atoms with Crippen LogP contribution in [0, 0.1) is 5.92 Å². The summed E-state index contributed by atoms with van der Waals surface area (Å²) in [6.45, 7) is 4.21. The van der Waals surface area contributed by atoms with Gasteiger partial charge in [0.2, 0.25) is 21.1 Å². The number of nitrogens with zero attached hydrogens (tertiary/aromatic N) is 3. The van der Waals surface area contributed by atoms with Gasteiger partial charge in [-0.15, -0.1) is 10.2 Å². The van der Waals surface area contributed by atoms with Crippen molar-refractivity contribution in [3.8, 4) is 5.75 Å². The van der Waals surface area contributed by atoms with E-state index in [1.807, 2.05) is 0 Å². The van der Waals surface area contributed by atoms with Gasteiger partial charge in [0.15, 0.2) is 0 Å². The number of methoxy groups -OCH3 is 1. The summed E-state index contributed by atoms with van der Waals surface area (Å²) in [7, 11) is -6.62. The van der Waals surface area contributed by atoms with Crippen LogP contribution in [0.1, 0.15) is 26.7 Å². The molecule has 0 saturated carbocycles. The van der Waals surface area contributed by atoms with Gasteiger partial charge in [-0.1, -0.05) is 25.2 Å². The Labute approximate surface area is 184 Å². The maximum Gasteiger partial charge on any atom is 0.291 e.